The summed E-state index contributed by atoms with van der Waals surface area (Å²) in [6.45, 7) is 3.76. The van der Waals surface area contributed by atoms with E-state index in [1.54, 1.807) is 4.68 Å². The third-order valence-corrected chi connectivity index (χ3v) is 3.29. The molecule has 1 unspecified atom stereocenters. The van der Waals surface area contributed by atoms with Crippen molar-refractivity contribution in [3.8, 4) is 0 Å². The monoisotopic (exact) mass is 236 g/mol. The van der Waals surface area contributed by atoms with Gasteiger partial charge in [-0.2, -0.15) is 5.10 Å². The van der Waals surface area contributed by atoms with Crippen LogP contribution in [-0.4, -0.2) is 34.8 Å². The van der Waals surface area contributed by atoms with Gasteiger partial charge in [-0.05, 0) is 38.8 Å². The molecule has 5 heteroatoms. The average Bonchev–Trinajstić information content (AvgIpc) is 2.90. The molecule has 1 aliphatic heterocycles. The van der Waals surface area contributed by atoms with Crippen molar-refractivity contribution in [3.05, 3.63) is 17.5 Å². The highest BCUT2D eigenvalue weighted by molar-refractivity contribution is 5.92. The van der Waals surface area contributed by atoms with Crippen molar-refractivity contribution in [2.45, 2.75) is 32.2 Å². The maximum atomic E-state index is 11.8. The molecule has 1 fully saturated rings. The molecule has 5 nitrogen and oxygen atoms in total. The van der Waals surface area contributed by atoms with Gasteiger partial charge in [-0.3, -0.25) is 9.48 Å². The Kier molecular flexibility index (Phi) is 3.78. The average molecular weight is 236 g/mol. The van der Waals surface area contributed by atoms with Crippen LogP contribution in [0.1, 0.15) is 35.4 Å². The van der Waals surface area contributed by atoms with Crippen LogP contribution in [0.4, 0.5) is 0 Å². The van der Waals surface area contributed by atoms with Gasteiger partial charge in [-0.25, -0.2) is 0 Å². The van der Waals surface area contributed by atoms with Crippen LogP contribution in [0, 0.1) is 6.92 Å². The summed E-state index contributed by atoms with van der Waals surface area (Å²) in [5, 5.41) is 10.5. The van der Waals surface area contributed by atoms with E-state index in [4.69, 9.17) is 0 Å². The molecule has 1 aliphatic rings. The molecule has 1 saturated heterocycles. The number of aryl methyl sites for hydroxylation is 2. The van der Waals surface area contributed by atoms with Gasteiger partial charge in [-0.1, -0.05) is 0 Å². The van der Waals surface area contributed by atoms with Gasteiger partial charge in [0.15, 0.2) is 0 Å². The molecule has 94 valence electrons. The van der Waals surface area contributed by atoms with E-state index >= 15 is 0 Å². The summed E-state index contributed by atoms with van der Waals surface area (Å²) in [6.07, 6.45) is 3.47. The maximum Gasteiger partial charge on any atom is 0.271 e. The van der Waals surface area contributed by atoms with Crippen molar-refractivity contribution in [1.82, 2.24) is 20.4 Å². The fourth-order valence-electron chi connectivity index (χ4n) is 2.13. The Labute approximate surface area is 102 Å². The molecule has 0 aromatic carbocycles. The maximum absolute atomic E-state index is 11.8. The lowest BCUT2D eigenvalue weighted by atomic mass is 10.1. The highest BCUT2D eigenvalue weighted by Gasteiger charge is 2.15. The lowest BCUT2D eigenvalue weighted by molar-refractivity contribution is 0.0946. The highest BCUT2D eigenvalue weighted by atomic mass is 16.1. The van der Waals surface area contributed by atoms with E-state index in [0.717, 1.165) is 18.7 Å². The van der Waals surface area contributed by atoms with Gasteiger partial charge in [0, 0.05) is 25.3 Å². The molecule has 0 bridgehead atoms. The number of aromatic nitrogens is 2. The van der Waals surface area contributed by atoms with Gasteiger partial charge in [0.2, 0.25) is 0 Å². The van der Waals surface area contributed by atoms with Gasteiger partial charge in [0.05, 0.1) is 0 Å². The molecule has 0 saturated carbocycles. The summed E-state index contributed by atoms with van der Waals surface area (Å²) in [6, 6.07) is 2.38. The number of rotatable bonds is 4. The van der Waals surface area contributed by atoms with Crippen molar-refractivity contribution in [2.75, 3.05) is 13.1 Å². The number of hydrogen-bond acceptors (Lipinski definition) is 3. The van der Waals surface area contributed by atoms with Crippen molar-refractivity contribution < 1.29 is 4.79 Å². The number of nitrogens with zero attached hydrogens (tertiary/aromatic N) is 2. The Morgan fingerprint density at radius 1 is 1.71 bits per heavy atom. The van der Waals surface area contributed by atoms with Crippen molar-refractivity contribution >= 4 is 5.91 Å². The standard InChI is InChI=1S/C12H20N4O/c1-9-8-11(15-16(9)2)12(17)14-7-5-10-4-3-6-13-10/h8,10,13H,3-7H2,1-2H3,(H,14,17). The van der Waals surface area contributed by atoms with Crippen LogP contribution < -0.4 is 10.6 Å². The van der Waals surface area contributed by atoms with Crippen LogP contribution in [-0.2, 0) is 7.05 Å². The first-order valence-corrected chi connectivity index (χ1v) is 6.19. The van der Waals surface area contributed by atoms with E-state index in [-0.39, 0.29) is 5.91 Å². The fourth-order valence-corrected chi connectivity index (χ4v) is 2.13. The van der Waals surface area contributed by atoms with Crippen LogP contribution in [0.2, 0.25) is 0 Å². The van der Waals surface area contributed by atoms with Gasteiger partial charge in [-0.15, -0.1) is 0 Å². The predicted octanol–water partition coefficient (Wildman–Crippen LogP) is 0.600. The predicted molar refractivity (Wildman–Crippen MR) is 65.9 cm³/mol. The van der Waals surface area contributed by atoms with Crippen LogP contribution >= 0.6 is 0 Å². The highest BCUT2D eigenvalue weighted by Crippen LogP contribution is 2.07. The molecular weight excluding hydrogens is 216 g/mol. The first-order chi connectivity index (χ1) is 8.16. The van der Waals surface area contributed by atoms with Gasteiger partial charge in [0.25, 0.3) is 5.91 Å². The molecule has 2 N–H and O–H groups in total. The SMILES string of the molecule is Cc1cc(C(=O)NCCC2CCCN2)nn1C. The Morgan fingerprint density at radius 3 is 3.12 bits per heavy atom. The number of amides is 1. The first kappa shape index (κ1) is 12.1. The molecule has 2 heterocycles. The largest absolute Gasteiger partial charge is 0.351 e. The Morgan fingerprint density at radius 2 is 2.53 bits per heavy atom. The molecule has 1 atom stereocenters. The number of nitrogens with one attached hydrogen (secondary N) is 2. The van der Waals surface area contributed by atoms with Gasteiger partial charge in [0.1, 0.15) is 5.69 Å². The van der Waals surface area contributed by atoms with Crippen molar-refractivity contribution in [3.63, 3.8) is 0 Å². The molecule has 17 heavy (non-hydrogen) atoms. The summed E-state index contributed by atoms with van der Waals surface area (Å²) in [5.41, 5.74) is 1.50. The first-order valence-electron chi connectivity index (χ1n) is 6.19. The zero-order chi connectivity index (χ0) is 12.3. The third-order valence-electron chi connectivity index (χ3n) is 3.29. The smallest absolute Gasteiger partial charge is 0.271 e. The van der Waals surface area contributed by atoms with Crippen molar-refractivity contribution in [2.24, 2.45) is 7.05 Å². The second-order valence-electron chi connectivity index (χ2n) is 4.63. The fraction of sp³-hybridized carbons (Fsp3) is 0.667. The number of hydrogen-bond donors (Lipinski definition) is 2. The molecule has 0 spiro atoms. The summed E-state index contributed by atoms with van der Waals surface area (Å²) in [4.78, 5) is 11.8. The normalized spacial score (nSPS) is 19.5. The molecule has 0 radical (unpaired) electrons. The summed E-state index contributed by atoms with van der Waals surface area (Å²) in [5.74, 6) is -0.0771. The van der Waals surface area contributed by atoms with Crippen LogP contribution in [0.5, 0.6) is 0 Å². The van der Waals surface area contributed by atoms with Crippen molar-refractivity contribution in [1.29, 1.82) is 0 Å². The van der Waals surface area contributed by atoms with Crippen LogP contribution in [0.15, 0.2) is 6.07 Å². The van der Waals surface area contributed by atoms with E-state index in [9.17, 15) is 4.79 Å². The number of carbonyl (C=O) groups excluding carboxylic acids is 1. The second kappa shape index (κ2) is 5.31. The quantitative estimate of drug-likeness (QED) is 0.805. The van der Waals surface area contributed by atoms with Crippen LogP contribution in [0.3, 0.4) is 0 Å². The third kappa shape index (κ3) is 3.06. The second-order valence-corrected chi connectivity index (χ2v) is 4.63. The lowest BCUT2D eigenvalue weighted by Gasteiger charge is -2.09. The topological polar surface area (TPSA) is 59.0 Å². The molecule has 1 aromatic heterocycles. The number of carbonyl (C=O) groups is 1. The van der Waals surface area contributed by atoms with E-state index in [2.05, 4.69) is 15.7 Å². The minimum Gasteiger partial charge on any atom is -0.351 e. The van der Waals surface area contributed by atoms with Crippen LogP contribution in [0.25, 0.3) is 0 Å². The summed E-state index contributed by atoms with van der Waals surface area (Å²) < 4.78 is 1.72. The summed E-state index contributed by atoms with van der Waals surface area (Å²) >= 11 is 0. The molecule has 1 aromatic rings. The van der Waals surface area contributed by atoms with E-state index in [1.165, 1.54) is 12.8 Å². The van der Waals surface area contributed by atoms with E-state index < -0.39 is 0 Å². The Hall–Kier alpha value is -1.36. The zero-order valence-electron chi connectivity index (χ0n) is 10.5. The van der Waals surface area contributed by atoms with Gasteiger partial charge >= 0.3 is 0 Å². The minimum atomic E-state index is -0.0771. The molecule has 2 rings (SSSR count). The van der Waals surface area contributed by atoms with Gasteiger partial charge < -0.3 is 10.6 Å². The van der Waals surface area contributed by atoms with E-state index in [1.807, 2.05) is 20.0 Å². The molecule has 0 aliphatic carbocycles. The molecule has 1 amide bonds. The minimum absolute atomic E-state index is 0.0771. The molecular formula is C12H20N4O. The Balaban J connectivity index is 1.76. The summed E-state index contributed by atoms with van der Waals surface area (Å²) in [7, 11) is 1.84. The Bertz CT molecular complexity index is 374. The zero-order valence-corrected chi connectivity index (χ0v) is 10.5. The lowest BCUT2D eigenvalue weighted by Crippen LogP contribution is -2.30. The van der Waals surface area contributed by atoms with E-state index in [0.29, 0.717) is 18.3 Å².